The van der Waals surface area contributed by atoms with Gasteiger partial charge in [0.25, 0.3) is 0 Å². The van der Waals surface area contributed by atoms with Crippen LogP contribution in [0.1, 0.15) is 19.3 Å². The fourth-order valence-corrected chi connectivity index (χ4v) is 4.19. The quantitative estimate of drug-likeness (QED) is 0.911. The first-order chi connectivity index (χ1) is 9.36. The monoisotopic (exact) mass is 280 g/mol. The zero-order valence-corrected chi connectivity index (χ0v) is 12.3. The molecule has 0 bridgehead atoms. The molecule has 2 unspecified atom stereocenters. The number of thiazole rings is 1. The molecule has 2 atom stereocenters. The summed E-state index contributed by atoms with van der Waals surface area (Å²) in [6.07, 6.45) is 6.01. The van der Waals surface area contributed by atoms with Crippen molar-refractivity contribution >= 4 is 16.5 Å². The van der Waals surface area contributed by atoms with Gasteiger partial charge in [-0.2, -0.15) is 0 Å². The summed E-state index contributed by atoms with van der Waals surface area (Å²) in [5.74, 6) is 1.62. The largest absolute Gasteiger partial charge is 0.346 e. The number of anilines is 1. The van der Waals surface area contributed by atoms with E-state index in [0.717, 1.165) is 31.5 Å². The molecular weight excluding hydrogens is 256 g/mol. The van der Waals surface area contributed by atoms with Gasteiger partial charge >= 0.3 is 0 Å². The maximum atomic E-state index is 5.88. The molecule has 1 saturated carbocycles. The Morgan fingerprint density at radius 2 is 2.00 bits per heavy atom. The van der Waals surface area contributed by atoms with Gasteiger partial charge < -0.3 is 10.6 Å². The average molecular weight is 280 g/mol. The summed E-state index contributed by atoms with van der Waals surface area (Å²) in [6.45, 7) is 6.72. The average Bonchev–Trinajstić information content (AvgIpc) is 3.10. The van der Waals surface area contributed by atoms with Crippen molar-refractivity contribution in [3.8, 4) is 0 Å². The number of rotatable bonds is 4. The summed E-state index contributed by atoms with van der Waals surface area (Å²) < 4.78 is 0. The van der Waals surface area contributed by atoms with E-state index in [2.05, 4.69) is 20.2 Å². The lowest BCUT2D eigenvalue weighted by atomic mass is 9.95. The number of hydrogen-bond acceptors (Lipinski definition) is 5. The maximum absolute atomic E-state index is 5.88. The molecule has 106 valence electrons. The predicted molar refractivity (Wildman–Crippen MR) is 80.7 cm³/mol. The van der Waals surface area contributed by atoms with E-state index in [1.165, 1.54) is 44.0 Å². The molecule has 0 radical (unpaired) electrons. The third-order valence-corrected chi connectivity index (χ3v) is 5.51. The Morgan fingerprint density at radius 1 is 1.21 bits per heavy atom. The highest BCUT2D eigenvalue weighted by atomic mass is 32.1. The predicted octanol–water partition coefficient (Wildman–Crippen LogP) is 1.64. The minimum atomic E-state index is 0.775. The minimum Gasteiger partial charge on any atom is -0.346 e. The fraction of sp³-hybridized carbons (Fsp3) is 0.786. The van der Waals surface area contributed by atoms with Crippen LogP contribution >= 0.6 is 11.3 Å². The normalized spacial score (nSPS) is 29.0. The molecule has 0 amide bonds. The second-order valence-electron chi connectivity index (χ2n) is 5.79. The van der Waals surface area contributed by atoms with Crippen LogP contribution in [-0.4, -0.2) is 49.2 Å². The lowest BCUT2D eigenvalue weighted by molar-refractivity contribution is 0.197. The molecule has 0 spiro atoms. The Kier molecular flexibility index (Phi) is 4.35. The lowest BCUT2D eigenvalue weighted by Gasteiger charge is -2.36. The van der Waals surface area contributed by atoms with E-state index in [0.29, 0.717) is 0 Å². The molecule has 1 aromatic rings. The molecule has 5 heteroatoms. The molecule has 4 nitrogen and oxygen atoms in total. The Bertz CT molecular complexity index is 373. The highest BCUT2D eigenvalue weighted by Gasteiger charge is 2.29. The van der Waals surface area contributed by atoms with Gasteiger partial charge in [-0.3, -0.25) is 4.90 Å². The summed E-state index contributed by atoms with van der Waals surface area (Å²) in [7, 11) is 0. The van der Waals surface area contributed by atoms with Crippen molar-refractivity contribution in [1.29, 1.82) is 0 Å². The van der Waals surface area contributed by atoms with E-state index in [9.17, 15) is 0 Å². The van der Waals surface area contributed by atoms with Gasteiger partial charge in [0.15, 0.2) is 5.13 Å². The van der Waals surface area contributed by atoms with Gasteiger partial charge in [0, 0.05) is 44.3 Å². The third-order valence-electron chi connectivity index (χ3n) is 4.67. The second kappa shape index (κ2) is 6.20. The van der Waals surface area contributed by atoms with Crippen LogP contribution in [0, 0.1) is 11.8 Å². The smallest absolute Gasteiger partial charge is 0.185 e. The van der Waals surface area contributed by atoms with E-state index >= 15 is 0 Å². The highest BCUT2D eigenvalue weighted by Crippen LogP contribution is 2.31. The number of nitrogens with two attached hydrogens (primary N) is 1. The topological polar surface area (TPSA) is 45.4 Å². The number of nitrogens with zero attached hydrogens (tertiary/aromatic N) is 3. The molecule has 0 aromatic carbocycles. The zero-order chi connectivity index (χ0) is 13.1. The summed E-state index contributed by atoms with van der Waals surface area (Å²) in [6, 6.07) is 0. The van der Waals surface area contributed by atoms with E-state index in [4.69, 9.17) is 5.73 Å². The van der Waals surface area contributed by atoms with Crippen LogP contribution in [0.25, 0.3) is 0 Å². The second-order valence-corrected chi connectivity index (χ2v) is 6.66. The lowest BCUT2D eigenvalue weighted by Crippen LogP contribution is -2.48. The van der Waals surface area contributed by atoms with E-state index in [1.807, 2.05) is 6.20 Å². The van der Waals surface area contributed by atoms with Crippen LogP contribution in [0.5, 0.6) is 0 Å². The molecule has 1 aliphatic carbocycles. The van der Waals surface area contributed by atoms with E-state index in [1.54, 1.807) is 11.3 Å². The van der Waals surface area contributed by atoms with Crippen LogP contribution in [0.4, 0.5) is 5.13 Å². The molecule has 1 aromatic heterocycles. The Morgan fingerprint density at radius 3 is 2.68 bits per heavy atom. The van der Waals surface area contributed by atoms with Crippen LogP contribution < -0.4 is 10.6 Å². The van der Waals surface area contributed by atoms with E-state index in [-0.39, 0.29) is 0 Å². The molecule has 2 heterocycles. The molecule has 2 fully saturated rings. The van der Waals surface area contributed by atoms with Gasteiger partial charge in [0.1, 0.15) is 0 Å². The molecule has 2 N–H and O–H groups in total. The Labute approximate surface area is 119 Å². The first kappa shape index (κ1) is 13.3. The molecule has 1 aliphatic heterocycles. The summed E-state index contributed by atoms with van der Waals surface area (Å²) in [4.78, 5) is 9.44. The first-order valence-electron chi connectivity index (χ1n) is 7.43. The Hall–Kier alpha value is -0.650. The van der Waals surface area contributed by atoms with Crippen molar-refractivity contribution in [2.24, 2.45) is 17.6 Å². The van der Waals surface area contributed by atoms with Crippen molar-refractivity contribution in [2.75, 3.05) is 44.2 Å². The fourth-order valence-electron chi connectivity index (χ4n) is 3.49. The van der Waals surface area contributed by atoms with Crippen molar-refractivity contribution in [3.05, 3.63) is 11.6 Å². The Balaban J connectivity index is 1.48. The van der Waals surface area contributed by atoms with Gasteiger partial charge in [-0.25, -0.2) is 4.98 Å². The molecule has 1 saturated heterocycles. The van der Waals surface area contributed by atoms with Crippen molar-refractivity contribution in [3.63, 3.8) is 0 Å². The number of hydrogen-bond donors (Lipinski definition) is 1. The van der Waals surface area contributed by atoms with Crippen LogP contribution in [0.3, 0.4) is 0 Å². The third kappa shape index (κ3) is 3.09. The van der Waals surface area contributed by atoms with Crippen LogP contribution in [0.2, 0.25) is 0 Å². The van der Waals surface area contributed by atoms with E-state index < -0.39 is 0 Å². The van der Waals surface area contributed by atoms with Gasteiger partial charge in [0.05, 0.1) is 0 Å². The standard InChI is InChI=1S/C14H24N4S/c15-10-12-2-1-3-13(12)11-17-5-7-18(8-6-17)14-16-4-9-19-14/h4,9,12-13H,1-3,5-8,10-11,15H2. The summed E-state index contributed by atoms with van der Waals surface area (Å²) in [5.41, 5.74) is 5.88. The number of piperazine rings is 1. The van der Waals surface area contributed by atoms with Crippen molar-refractivity contribution < 1.29 is 0 Å². The van der Waals surface area contributed by atoms with Gasteiger partial charge in [0.2, 0.25) is 0 Å². The van der Waals surface area contributed by atoms with Gasteiger partial charge in [-0.05, 0) is 31.2 Å². The van der Waals surface area contributed by atoms with Gasteiger partial charge in [-0.15, -0.1) is 11.3 Å². The molecule has 2 aliphatic rings. The number of aromatic nitrogens is 1. The van der Waals surface area contributed by atoms with Gasteiger partial charge in [-0.1, -0.05) is 6.42 Å². The SMILES string of the molecule is NCC1CCCC1CN1CCN(c2nccs2)CC1. The molecular formula is C14H24N4S. The molecule has 19 heavy (non-hydrogen) atoms. The maximum Gasteiger partial charge on any atom is 0.185 e. The van der Waals surface area contributed by atoms with Crippen molar-refractivity contribution in [2.45, 2.75) is 19.3 Å². The summed E-state index contributed by atoms with van der Waals surface area (Å²) in [5, 5.41) is 3.24. The first-order valence-corrected chi connectivity index (χ1v) is 8.31. The van der Waals surface area contributed by atoms with Crippen molar-refractivity contribution in [1.82, 2.24) is 9.88 Å². The minimum absolute atomic E-state index is 0.775. The van der Waals surface area contributed by atoms with Crippen LogP contribution in [-0.2, 0) is 0 Å². The highest BCUT2D eigenvalue weighted by molar-refractivity contribution is 7.13. The zero-order valence-electron chi connectivity index (χ0n) is 11.5. The van der Waals surface area contributed by atoms with Crippen LogP contribution in [0.15, 0.2) is 11.6 Å². The summed E-state index contributed by atoms with van der Waals surface area (Å²) >= 11 is 1.75. The molecule has 3 rings (SSSR count).